The van der Waals surface area contributed by atoms with Crippen LogP contribution in [-0.2, 0) is 21.0 Å². The molecule has 4 heterocycles. The molecule has 6 aliphatic rings. The number of hydrogen-bond acceptors (Lipinski definition) is 10. The van der Waals surface area contributed by atoms with Gasteiger partial charge in [0, 0.05) is 85.8 Å². The number of Topliss-reactive ketones (excluding diaryl/α,β-unsaturated/α-hetero) is 1. The number of halogens is 1. The van der Waals surface area contributed by atoms with Crippen molar-refractivity contribution >= 4 is 49.6 Å². The molecule has 2 aliphatic heterocycles. The van der Waals surface area contributed by atoms with Gasteiger partial charge in [-0.3, -0.25) is 19.8 Å². The van der Waals surface area contributed by atoms with Gasteiger partial charge in [0.2, 0.25) is 0 Å². The monoisotopic (exact) mass is 855 g/mol. The van der Waals surface area contributed by atoms with Gasteiger partial charge in [-0.1, -0.05) is 31.1 Å². The number of H-pyrrole nitrogens is 1. The third kappa shape index (κ3) is 8.34. The molecule has 2 bridgehead atoms. The summed E-state index contributed by atoms with van der Waals surface area (Å²) in [6, 6.07) is 13.0. The Morgan fingerprint density at radius 3 is 2.55 bits per heavy atom. The number of nitro benzene ring substituents is 1. The number of allylic oxidation sites excluding steroid dienone is 1. The van der Waals surface area contributed by atoms with Gasteiger partial charge in [0.1, 0.15) is 22.9 Å². The number of sulfone groups is 1. The minimum atomic E-state index is -4.26. The fourth-order valence-corrected chi connectivity index (χ4v) is 12.5. The number of ketones is 1. The number of piperazine rings is 1. The van der Waals surface area contributed by atoms with Crippen LogP contribution >= 0.6 is 11.6 Å². The van der Waals surface area contributed by atoms with Gasteiger partial charge >= 0.3 is 0 Å². The lowest BCUT2D eigenvalue weighted by atomic mass is 9.39. The van der Waals surface area contributed by atoms with Crippen LogP contribution in [-0.4, -0.2) is 90.6 Å². The van der Waals surface area contributed by atoms with Crippen molar-refractivity contribution in [2.75, 3.05) is 56.6 Å². The number of rotatable bonds is 14. The van der Waals surface area contributed by atoms with Crippen LogP contribution < -0.4 is 9.64 Å². The number of aromatic amines is 1. The molecule has 4 aliphatic carbocycles. The number of benzene rings is 2. The van der Waals surface area contributed by atoms with E-state index in [-0.39, 0.29) is 26.8 Å². The Bertz CT molecular complexity index is 2450. The van der Waals surface area contributed by atoms with Crippen molar-refractivity contribution in [3.8, 4) is 11.5 Å². The van der Waals surface area contributed by atoms with Crippen molar-refractivity contribution in [1.29, 1.82) is 0 Å². The first-order valence-corrected chi connectivity index (χ1v) is 23.4. The second kappa shape index (κ2) is 15.9. The second-order valence-electron chi connectivity index (χ2n) is 18.8. The van der Waals surface area contributed by atoms with Gasteiger partial charge in [0.25, 0.3) is 5.69 Å². The topological polar surface area (TPSA) is 148 Å². The molecule has 2 saturated heterocycles. The molecule has 0 amide bonds. The van der Waals surface area contributed by atoms with E-state index in [1.165, 1.54) is 25.0 Å². The third-order valence-corrected chi connectivity index (χ3v) is 15.9. The fourth-order valence-electron chi connectivity index (χ4n) is 10.5. The number of hydrogen-bond donors (Lipinski definition) is 1. The smallest absolute Gasteiger partial charge is 0.273 e. The normalized spacial score (nSPS) is 24.6. The molecule has 0 atom stereocenters. The van der Waals surface area contributed by atoms with Crippen LogP contribution in [0.4, 0.5) is 11.4 Å². The number of anilines is 1. The predicted octanol–water partition coefficient (Wildman–Crippen LogP) is 9.07. The van der Waals surface area contributed by atoms with Gasteiger partial charge in [-0.15, -0.1) is 11.6 Å². The first-order valence-electron chi connectivity index (χ1n) is 21.4. The maximum Gasteiger partial charge on any atom is 0.273 e. The van der Waals surface area contributed by atoms with Gasteiger partial charge in [-0.05, 0) is 111 Å². The van der Waals surface area contributed by atoms with Gasteiger partial charge in [0.05, 0.1) is 21.6 Å². The molecule has 1 N–H and O–H groups in total. The molecule has 14 heteroatoms. The molecule has 0 radical (unpaired) electrons. The maximum absolute atomic E-state index is 14.0. The number of ether oxygens (including phenoxy) is 2. The Kier molecular flexibility index (Phi) is 10.9. The Morgan fingerprint density at radius 2 is 1.82 bits per heavy atom. The van der Waals surface area contributed by atoms with E-state index < -0.39 is 26.3 Å². The highest BCUT2D eigenvalue weighted by Crippen LogP contribution is 2.75. The number of nitrogens with one attached hydrogen (secondary N) is 1. The molecule has 318 valence electrons. The lowest BCUT2D eigenvalue weighted by Gasteiger charge is -2.70. The summed E-state index contributed by atoms with van der Waals surface area (Å²) in [5, 5.41) is 13.0. The number of pyridine rings is 1. The van der Waals surface area contributed by atoms with E-state index in [4.69, 9.17) is 21.1 Å². The highest BCUT2D eigenvalue weighted by atomic mass is 35.5. The van der Waals surface area contributed by atoms with E-state index in [0.29, 0.717) is 53.3 Å². The van der Waals surface area contributed by atoms with Crippen LogP contribution in [0.1, 0.15) is 87.6 Å². The minimum absolute atomic E-state index is 0.0492. The van der Waals surface area contributed by atoms with Gasteiger partial charge in [-0.25, -0.2) is 13.4 Å². The van der Waals surface area contributed by atoms with Crippen molar-refractivity contribution in [3.05, 3.63) is 93.3 Å². The third-order valence-electron chi connectivity index (χ3n) is 13.9. The number of fused-ring (bicyclic) bond motifs is 1. The van der Waals surface area contributed by atoms with Crippen molar-refractivity contribution in [2.24, 2.45) is 16.7 Å². The summed E-state index contributed by atoms with van der Waals surface area (Å²) in [7, 11) is -4.26. The van der Waals surface area contributed by atoms with E-state index in [2.05, 4.69) is 33.6 Å². The summed E-state index contributed by atoms with van der Waals surface area (Å²) < 4.78 is 39.4. The molecular weight excluding hydrogens is 802 g/mol. The van der Waals surface area contributed by atoms with Crippen molar-refractivity contribution in [1.82, 2.24) is 14.9 Å². The standard InChI is InChI=1S/C46H54ClN5O7S/c1-44(2)13-9-34(39(24-44)45-28-46(47,29-45)30-45)26-50-15-17-51(18-16-50)35-6-8-38(42(22-35)59-36-21-33-10-14-48-43(33)49-25-36)41(53)27-60(56,57)37-7-5-32(40(23-37)52(54)55)4-3-31-11-19-58-20-12-31/h5-8,10,14,21-23,25,31H,3-4,9,11-13,15-20,24,26-30H2,1-2H3,(H,48,49). The van der Waals surface area contributed by atoms with E-state index in [1.54, 1.807) is 29.6 Å². The van der Waals surface area contributed by atoms with Gasteiger partial charge < -0.3 is 19.4 Å². The Labute approximate surface area is 356 Å². The summed E-state index contributed by atoms with van der Waals surface area (Å²) in [6.07, 6.45) is 13.3. The number of nitro groups is 1. The van der Waals surface area contributed by atoms with Crippen LogP contribution in [0.3, 0.4) is 0 Å². The van der Waals surface area contributed by atoms with Crippen LogP contribution in [0, 0.1) is 26.9 Å². The average molecular weight is 856 g/mol. The maximum atomic E-state index is 14.0. The number of aromatic nitrogens is 2. The molecule has 2 aromatic heterocycles. The van der Waals surface area contributed by atoms with Gasteiger partial charge in [0.15, 0.2) is 15.6 Å². The molecule has 3 saturated carbocycles. The highest BCUT2D eigenvalue weighted by Gasteiger charge is 2.69. The number of carbonyl (C=O) groups is 1. The Morgan fingerprint density at radius 1 is 1.05 bits per heavy atom. The Balaban J connectivity index is 0.922. The number of carbonyl (C=O) groups excluding carboxylic acids is 1. The lowest BCUT2D eigenvalue weighted by Crippen LogP contribution is -2.65. The zero-order chi connectivity index (χ0) is 41.9. The SMILES string of the molecule is CC1(C)CCC(CN2CCN(c3ccc(C(=O)CS(=O)(=O)c4ccc(CCC5CCOCC5)c([N+](=O)[O-])c4)c(Oc4cnc5[nH]ccc5c4)c3)CC2)=C(C23CC(Cl)(C2)C3)C1. The molecule has 0 spiro atoms. The molecule has 12 nitrogen and oxygen atoms in total. The summed E-state index contributed by atoms with van der Waals surface area (Å²) >= 11 is 6.75. The van der Waals surface area contributed by atoms with Crippen LogP contribution in [0.15, 0.2) is 77.0 Å². The fraction of sp³-hybridized carbons (Fsp3) is 0.522. The predicted molar refractivity (Wildman–Crippen MR) is 232 cm³/mol. The minimum Gasteiger partial charge on any atom is -0.455 e. The zero-order valence-corrected chi connectivity index (χ0v) is 36.1. The molecule has 4 aromatic rings. The molecular formula is C46H54ClN5O7S. The molecule has 0 unspecified atom stereocenters. The van der Waals surface area contributed by atoms with Crippen molar-refractivity contribution in [2.45, 2.75) is 87.8 Å². The largest absolute Gasteiger partial charge is 0.455 e. The second-order valence-corrected chi connectivity index (χ2v) is 21.6. The molecule has 60 heavy (non-hydrogen) atoms. The number of alkyl halides is 1. The van der Waals surface area contributed by atoms with Crippen LogP contribution in [0.5, 0.6) is 11.5 Å². The first kappa shape index (κ1) is 41.1. The Hall–Kier alpha value is -4.30. The summed E-state index contributed by atoms with van der Waals surface area (Å²) in [6.45, 7) is 10.5. The number of aryl methyl sites for hydroxylation is 1. The number of nitrogens with zero attached hydrogens (tertiary/aromatic N) is 4. The summed E-state index contributed by atoms with van der Waals surface area (Å²) in [5.41, 5.74) is 5.85. The van der Waals surface area contributed by atoms with E-state index >= 15 is 0 Å². The van der Waals surface area contributed by atoms with Crippen LogP contribution in [0.25, 0.3) is 11.0 Å². The van der Waals surface area contributed by atoms with E-state index in [9.17, 15) is 23.3 Å². The molecule has 10 rings (SSSR count). The molecule has 2 aromatic carbocycles. The summed E-state index contributed by atoms with van der Waals surface area (Å²) in [5.74, 6) is -0.531. The lowest BCUT2D eigenvalue weighted by molar-refractivity contribution is -0.385. The molecule has 5 fully saturated rings. The highest BCUT2D eigenvalue weighted by molar-refractivity contribution is 7.92. The summed E-state index contributed by atoms with van der Waals surface area (Å²) in [4.78, 5) is 37.8. The zero-order valence-electron chi connectivity index (χ0n) is 34.5. The first-order chi connectivity index (χ1) is 28.7. The van der Waals surface area contributed by atoms with E-state index in [0.717, 1.165) is 94.8 Å². The van der Waals surface area contributed by atoms with Crippen LogP contribution in [0.2, 0.25) is 0 Å². The average Bonchev–Trinajstić information content (AvgIpc) is 3.68. The quantitative estimate of drug-likeness (QED) is 0.0428. The van der Waals surface area contributed by atoms with Gasteiger partial charge in [-0.2, -0.15) is 0 Å². The van der Waals surface area contributed by atoms with E-state index in [1.807, 2.05) is 24.3 Å². The van der Waals surface area contributed by atoms with Crippen molar-refractivity contribution in [3.63, 3.8) is 0 Å². The van der Waals surface area contributed by atoms with Crippen molar-refractivity contribution < 1.29 is 27.6 Å².